The number of hydrogen-bond acceptors (Lipinski definition) is 4. The molecule has 21 heavy (non-hydrogen) atoms. The van der Waals surface area contributed by atoms with Crippen LogP contribution in [0.3, 0.4) is 0 Å². The third-order valence-electron chi connectivity index (χ3n) is 4.04. The van der Waals surface area contributed by atoms with Crippen molar-refractivity contribution in [2.24, 2.45) is 0 Å². The molecular weight excluding hydrogens is 270 g/mol. The summed E-state index contributed by atoms with van der Waals surface area (Å²) >= 11 is 0. The molecule has 5 heteroatoms. The van der Waals surface area contributed by atoms with Crippen LogP contribution in [0.15, 0.2) is 24.3 Å². The van der Waals surface area contributed by atoms with Gasteiger partial charge in [-0.3, -0.25) is 4.79 Å². The van der Waals surface area contributed by atoms with Crippen molar-refractivity contribution in [3.05, 3.63) is 29.8 Å². The number of rotatable bonds is 3. The first kappa shape index (κ1) is 14.4. The monoisotopic (exact) mass is 291 g/mol. The Balaban J connectivity index is 1.60. The minimum absolute atomic E-state index is 0.0610. The summed E-state index contributed by atoms with van der Waals surface area (Å²) in [5.41, 5.74) is 0.697. The molecule has 0 aromatic heterocycles. The highest BCUT2D eigenvalue weighted by Crippen LogP contribution is 2.31. The highest BCUT2D eigenvalue weighted by Gasteiger charge is 2.40. The fourth-order valence-corrected chi connectivity index (χ4v) is 2.88. The lowest BCUT2D eigenvalue weighted by Crippen LogP contribution is -2.47. The summed E-state index contributed by atoms with van der Waals surface area (Å²) in [5.74, 6) is 0.417. The van der Waals surface area contributed by atoms with Gasteiger partial charge < -0.3 is 19.1 Å². The van der Waals surface area contributed by atoms with Crippen LogP contribution in [0.5, 0.6) is 5.75 Å². The Bertz CT molecular complexity index is 484. The Hall–Kier alpha value is -1.59. The van der Waals surface area contributed by atoms with E-state index in [9.17, 15) is 4.79 Å². The predicted octanol–water partition coefficient (Wildman–Crippen LogP) is 2.06. The molecule has 0 bridgehead atoms. The number of benzene rings is 1. The number of nitrogens with zero attached hydrogens (tertiary/aromatic N) is 1. The number of ether oxygens (including phenoxy) is 3. The van der Waals surface area contributed by atoms with E-state index in [-0.39, 0.29) is 5.91 Å². The Morgan fingerprint density at radius 2 is 1.81 bits per heavy atom. The van der Waals surface area contributed by atoms with E-state index in [0.29, 0.717) is 38.5 Å². The van der Waals surface area contributed by atoms with Gasteiger partial charge in [0.25, 0.3) is 5.91 Å². The summed E-state index contributed by atoms with van der Waals surface area (Å²) in [6.07, 6.45) is 1.49. The molecular formula is C16H21NO4. The van der Waals surface area contributed by atoms with Gasteiger partial charge in [-0.05, 0) is 31.2 Å². The summed E-state index contributed by atoms with van der Waals surface area (Å²) in [5, 5.41) is 0. The van der Waals surface area contributed by atoms with Gasteiger partial charge in [-0.1, -0.05) is 0 Å². The van der Waals surface area contributed by atoms with Crippen LogP contribution >= 0.6 is 0 Å². The second-order valence-electron chi connectivity index (χ2n) is 5.36. The lowest BCUT2D eigenvalue weighted by Gasteiger charge is -2.37. The molecule has 2 aliphatic heterocycles. The SMILES string of the molecule is CCOc1ccc(C(=O)N2CCC3(CC2)OCCO3)cc1. The predicted molar refractivity (Wildman–Crippen MR) is 77.4 cm³/mol. The molecule has 1 aromatic rings. The van der Waals surface area contributed by atoms with Crippen LogP contribution in [0.25, 0.3) is 0 Å². The van der Waals surface area contributed by atoms with Crippen LogP contribution in [-0.2, 0) is 9.47 Å². The van der Waals surface area contributed by atoms with Gasteiger partial charge >= 0.3 is 0 Å². The van der Waals surface area contributed by atoms with Crippen LogP contribution in [0.2, 0.25) is 0 Å². The van der Waals surface area contributed by atoms with Crippen molar-refractivity contribution >= 4 is 5.91 Å². The minimum Gasteiger partial charge on any atom is -0.494 e. The molecule has 0 saturated carbocycles. The van der Waals surface area contributed by atoms with Crippen molar-refractivity contribution in [2.75, 3.05) is 32.9 Å². The largest absolute Gasteiger partial charge is 0.494 e. The van der Waals surface area contributed by atoms with Gasteiger partial charge in [-0.25, -0.2) is 0 Å². The van der Waals surface area contributed by atoms with Crippen LogP contribution in [0.1, 0.15) is 30.1 Å². The molecule has 0 aliphatic carbocycles. The molecule has 114 valence electrons. The molecule has 0 atom stereocenters. The molecule has 2 saturated heterocycles. The molecule has 0 radical (unpaired) electrons. The summed E-state index contributed by atoms with van der Waals surface area (Å²) in [4.78, 5) is 14.3. The summed E-state index contributed by atoms with van der Waals surface area (Å²) in [6, 6.07) is 7.32. The van der Waals surface area contributed by atoms with Gasteiger partial charge in [-0.2, -0.15) is 0 Å². The summed E-state index contributed by atoms with van der Waals surface area (Å²) in [7, 11) is 0. The molecule has 1 spiro atoms. The van der Waals surface area contributed by atoms with E-state index in [1.165, 1.54) is 0 Å². The first-order valence-corrected chi connectivity index (χ1v) is 7.52. The zero-order valence-electron chi connectivity index (χ0n) is 12.3. The second kappa shape index (κ2) is 6.03. The van der Waals surface area contributed by atoms with Crippen molar-refractivity contribution in [1.29, 1.82) is 0 Å². The van der Waals surface area contributed by atoms with Crippen molar-refractivity contribution < 1.29 is 19.0 Å². The van der Waals surface area contributed by atoms with Gasteiger partial charge in [0.15, 0.2) is 5.79 Å². The molecule has 5 nitrogen and oxygen atoms in total. The van der Waals surface area contributed by atoms with E-state index in [1.807, 2.05) is 36.1 Å². The standard InChI is InChI=1S/C16H21NO4/c1-2-19-14-5-3-13(4-6-14)15(18)17-9-7-16(8-10-17)20-11-12-21-16/h3-6H,2,7-12H2,1H3. The average Bonchev–Trinajstić information content (AvgIpc) is 2.97. The second-order valence-corrected chi connectivity index (χ2v) is 5.36. The third kappa shape index (κ3) is 3.04. The Morgan fingerprint density at radius 3 is 2.38 bits per heavy atom. The summed E-state index contributed by atoms with van der Waals surface area (Å²) in [6.45, 7) is 5.23. The number of amides is 1. The lowest BCUT2D eigenvalue weighted by atomic mass is 10.0. The van der Waals surface area contributed by atoms with Crippen LogP contribution in [0, 0.1) is 0 Å². The molecule has 2 aliphatic rings. The Morgan fingerprint density at radius 1 is 1.19 bits per heavy atom. The van der Waals surface area contributed by atoms with E-state index in [2.05, 4.69) is 0 Å². The third-order valence-corrected chi connectivity index (χ3v) is 4.04. The van der Waals surface area contributed by atoms with E-state index in [0.717, 1.165) is 18.6 Å². The first-order chi connectivity index (χ1) is 10.2. The first-order valence-electron chi connectivity index (χ1n) is 7.52. The van der Waals surface area contributed by atoms with Crippen LogP contribution in [0.4, 0.5) is 0 Å². The van der Waals surface area contributed by atoms with Crippen molar-refractivity contribution in [3.8, 4) is 5.75 Å². The van der Waals surface area contributed by atoms with Crippen LogP contribution in [-0.4, -0.2) is 49.5 Å². The van der Waals surface area contributed by atoms with Crippen molar-refractivity contribution in [2.45, 2.75) is 25.6 Å². The molecule has 1 amide bonds. The fourth-order valence-electron chi connectivity index (χ4n) is 2.88. The summed E-state index contributed by atoms with van der Waals surface area (Å²) < 4.78 is 16.8. The number of carbonyl (C=O) groups is 1. The van der Waals surface area contributed by atoms with Gasteiger partial charge in [0.1, 0.15) is 5.75 Å². The number of likely N-dealkylation sites (tertiary alicyclic amines) is 1. The van der Waals surface area contributed by atoms with E-state index in [1.54, 1.807) is 0 Å². The minimum atomic E-state index is -0.435. The molecule has 3 rings (SSSR count). The molecule has 0 unspecified atom stereocenters. The highest BCUT2D eigenvalue weighted by atomic mass is 16.7. The van der Waals surface area contributed by atoms with Crippen LogP contribution < -0.4 is 4.74 Å². The number of hydrogen-bond donors (Lipinski definition) is 0. The van der Waals surface area contributed by atoms with Gasteiger partial charge in [0.05, 0.1) is 19.8 Å². The molecule has 0 N–H and O–H groups in total. The Labute approximate surface area is 124 Å². The van der Waals surface area contributed by atoms with Gasteiger partial charge in [-0.15, -0.1) is 0 Å². The van der Waals surface area contributed by atoms with E-state index >= 15 is 0 Å². The van der Waals surface area contributed by atoms with Crippen molar-refractivity contribution in [3.63, 3.8) is 0 Å². The normalized spacial score (nSPS) is 20.7. The number of piperidine rings is 1. The molecule has 2 fully saturated rings. The zero-order valence-corrected chi connectivity index (χ0v) is 12.3. The maximum absolute atomic E-state index is 12.5. The smallest absolute Gasteiger partial charge is 0.253 e. The molecule has 2 heterocycles. The number of carbonyl (C=O) groups excluding carboxylic acids is 1. The quantitative estimate of drug-likeness (QED) is 0.855. The highest BCUT2D eigenvalue weighted by molar-refractivity contribution is 5.94. The maximum Gasteiger partial charge on any atom is 0.253 e. The lowest BCUT2D eigenvalue weighted by molar-refractivity contribution is -0.181. The maximum atomic E-state index is 12.5. The average molecular weight is 291 g/mol. The van der Waals surface area contributed by atoms with Gasteiger partial charge in [0, 0.05) is 31.5 Å². The fraction of sp³-hybridized carbons (Fsp3) is 0.562. The molecule has 1 aromatic carbocycles. The topological polar surface area (TPSA) is 48.0 Å². The van der Waals surface area contributed by atoms with E-state index < -0.39 is 5.79 Å². The zero-order chi connectivity index (χ0) is 14.7. The van der Waals surface area contributed by atoms with E-state index in [4.69, 9.17) is 14.2 Å². The van der Waals surface area contributed by atoms with Crippen molar-refractivity contribution in [1.82, 2.24) is 4.90 Å². The Kier molecular flexibility index (Phi) is 4.12. The van der Waals surface area contributed by atoms with Gasteiger partial charge in [0.2, 0.25) is 0 Å².